The molecule has 0 radical (unpaired) electrons. The van der Waals surface area contributed by atoms with E-state index in [0.29, 0.717) is 28.5 Å². The van der Waals surface area contributed by atoms with Crippen LogP contribution < -0.4 is 5.32 Å². The molecule has 0 aliphatic carbocycles. The Balaban J connectivity index is 1.81. The van der Waals surface area contributed by atoms with Crippen molar-refractivity contribution in [2.24, 2.45) is 0 Å². The Morgan fingerprint density at radius 1 is 1.11 bits per heavy atom. The number of pyridine rings is 3. The van der Waals surface area contributed by atoms with Crippen LogP contribution in [-0.2, 0) is 4.79 Å². The summed E-state index contributed by atoms with van der Waals surface area (Å²) in [6, 6.07) is 10.6. The zero-order valence-corrected chi connectivity index (χ0v) is 14.8. The highest BCUT2D eigenvalue weighted by molar-refractivity contribution is 5.88. The standard InChI is InChI=1S/C20H16FN5O/c1-12-16(21)6-7-17(23-12)20-15(4-3-9-22-20)14-5-8-19-25-18(24-13(2)27)11-26(19)10-14/h3-11H,1-2H3,(H,24,27). The van der Waals surface area contributed by atoms with E-state index in [4.69, 9.17) is 0 Å². The van der Waals surface area contributed by atoms with Gasteiger partial charge in [-0.3, -0.25) is 9.78 Å². The van der Waals surface area contributed by atoms with Gasteiger partial charge in [-0.15, -0.1) is 0 Å². The van der Waals surface area contributed by atoms with E-state index in [9.17, 15) is 9.18 Å². The summed E-state index contributed by atoms with van der Waals surface area (Å²) >= 11 is 0. The first kappa shape index (κ1) is 16.8. The lowest BCUT2D eigenvalue weighted by Crippen LogP contribution is -2.05. The molecule has 0 saturated heterocycles. The Morgan fingerprint density at radius 3 is 2.74 bits per heavy atom. The molecule has 27 heavy (non-hydrogen) atoms. The van der Waals surface area contributed by atoms with Gasteiger partial charge in [0, 0.05) is 30.4 Å². The maximum Gasteiger partial charge on any atom is 0.222 e. The van der Waals surface area contributed by atoms with Crippen LogP contribution in [0.3, 0.4) is 0 Å². The van der Waals surface area contributed by atoms with E-state index in [1.54, 1.807) is 25.4 Å². The number of imidazole rings is 1. The van der Waals surface area contributed by atoms with E-state index >= 15 is 0 Å². The zero-order valence-electron chi connectivity index (χ0n) is 14.8. The van der Waals surface area contributed by atoms with E-state index < -0.39 is 0 Å². The van der Waals surface area contributed by atoms with Crippen molar-refractivity contribution in [1.29, 1.82) is 0 Å². The molecule has 134 valence electrons. The lowest BCUT2D eigenvalue weighted by molar-refractivity contribution is -0.114. The van der Waals surface area contributed by atoms with Gasteiger partial charge in [-0.1, -0.05) is 6.07 Å². The minimum atomic E-state index is -0.346. The summed E-state index contributed by atoms with van der Waals surface area (Å²) in [5.74, 6) is -0.0330. The molecule has 0 unspecified atom stereocenters. The Bertz CT molecular complexity index is 1170. The zero-order chi connectivity index (χ0) is 19.0. The summed E-state index contributed by atoms with van der Waals surface area (Å²) in [6.45, 7) is 3.07. The number of aromatic nitrogens is 4. The maximum atomic E-state index is 13.6. The topological polar surface area (TPSA) is 72.2 Å². The second-order valence-electron chi connectivity index (χ2n) is 6.15. The number of carbonyl (C=O) groups is 1. The van der Waals surface area contributed by atoms with E-state index in [1.165, 1.54) is 13.0 Å². The number of nitrogens with zero attached hydrogens (tertiary/aromatic N) is 4. The van der Waals surface area contributed by atoms with Crippen LogP contribution >= 0.6 is 0 Å². The molecule has 0 aliphatic rings. The maximum absolute atomic E-state index is 13.6. The largest absolute Gasteiger partial charge is 0.310 e. The van der Waals surface area contributed by atoms with Gasteiger partial charge >= 0.3 is 0 Å². The van der Waals surface area contributed by atoms with Gasteiger partial charge in [0.25, 0.3) is 0 Å². The minimum absolute atomic E-state index is 0.175. The number of hydrogen-bond donors (Lipinski definition) is 1. The van der Waals surface area contributed by atoms with Crippen molar-refractivity contribution in [3.05, 3.63) is 66.5 Å². The van der Waals surface area contributed by atoms with Crippen LogP contribution in [0.5, 0.6) is 0 Å². The van der Waals surface area contributed by atoms with Gasteiger partial charge in [-0.25, -0.2) is 14.4 Å². The molecular formula is C20H16FN5O. The lowest BCUT2D eigenvalue weighted by Gasteiger charge is -2.09. The van der Waals surface area contributed by atoms with E-state index in [0.717, 1.165) is 11.1 Å². The molecule has 7 heteroatoms. The molecule has 0 aliphatic heterocycles. The molecule has 0 aromatic carbocycles. The number of carbonyl (C=O) groups excluding carboxylic acids is 1. The molecular weight excluding hydrogens is 345 g/mol. The second-order valence-corrected chi connectivity index (χ2v) is 6.15. The summed E-state index contributed by atoms with van der Waals surface area (Å²) in [5.41, 5.74) is 4.09. The van der Waals surface area contributed by atoms with Gasteiger partial charge in [-0.2, -0.15) is 0 Å². The molecule has 1 amide bonds. The Morgan fingerprint density at radius 2 is 1.96 bits per heavy atom. The molecule has 6 nitrogen and oxygen atoms in total. The van der Waals surface area contributed by atoms with E-state index in [-0.39, 0.29) is 11.7 Å². The highest BCUT2D eigenvalue weighted by atomic mass is 19.1. The number of nitrogens with one attached hydrogen (secondary N) is 1. The second kappa shape index (κ2) is 6.60. The highest BCUT2D eigenvalue weighted by Crippen LogP contribution is 2.30. The summed E-state index contributed by atoms with van der Waals surface area (Å²) in [6.07, 6.45) is 5.34. The average molecular weight is 361 g/mol. The summed E-state index contributed by atoms with van der Waals surface area (Å²) in [4.78, 5) is 24.4. The molecule has 0 fully saturated rings. The minimum Gasteiger partial charge on any atom is -0.310 e. The first-order chi connectivity index (χ1) is 13.0. The first-order valence-electron chi connectivity index (χ1n) is 8.36. The molecule has 4 heterocycles. The van der Waals surface area contributed by atoms with Gasteiger partial charge in [0.05, 0.1) is 23.3 Å². The fourth-order valence-corrected chi connectivity index (χ4v) is 2.91. The summed E-state index contributed by atoms with van der Waals surface area (Å²) in [5, 5.41) is 2.67. The van der Waals surface area contributed by atoms with Crippen molar-refractivity contribution in [3.8, 4) is 22.5 Å². The third kappa shape index (κ3) is 3.27. The molecule has 1 N–H and O–H groups in total. The van der Waals surface area contributed by atoms with Crippen molar-refractivity contribution >= 4 is 17.4 Å². The van der Waals surface area contributed by atoms with Crippen molar-refractivity contribution in [3.63, 3.8) is 0 Å². The monoisotopic (exact) mass is 361 g/mol. The number of aryl methyl sites for hydroxylation is 1. The van der Waals surface area contributed by atoms with Crippen LogP contribution in [-0.4, -0.2) is 25.3 Å². The molecule has 0 spiro atoms. The van der Waals surface area contributed by atoms with E-state index in [2.05, 4.69) is 20.3 Å². The van der Waals surface area contributed by atoms with Crippen LogP contribution in [0.1, 0.15) is 12.6 Å². The molecule has 4 rings (SSSR count). The van der Waals surface area contributed by atoms with Gasteiger partial charge < -0.3 is 9.72 Å². The number of anilines is 1. The smallest absolute Gasteiger partial charge is 0.222 e. The molecule has 0 atom stereocenters. The normalized spacial score (nSPS) is 10.9. The van der Waals surface area contributed by atoms with Crippen molar-refractivity contribution in [2.45, 2.75) is 13.8 Å². The molecule has 0 saturated carbocycles. The van der Waals surface area contributed by atoms with Crippen molar-refractivity contribution < 1.29 is 9.18 Å². The Hall–Kier alpha value is -3.61. The fourth-order valence-electron chi connectivity index (χ4n) is 2.91. The van der Waals surface area contributed by atoms with Crippen LogP contribution in [0.15, 0.2) is 55.0 Å². The summed E-state index contributed by atoms with van der Waals surface area (Å²) in [7, 11) is 0. The highest BCUT2D eigenvalue weighted by Gasteiger charge is 2.12. The predicted molar refractivity (Wildman–Crippen MR) is 101 cm³/mol. The van der Waals surface area contributed by atoms with Gasteiger partial charge in [0.1, 0.15) is 11.5 Å². The third-order valence-corrected chi connectivity index (χ3v) is 4.14. The van der Waals surface area contributed by atoms with Gasteiger partial charge in [-0.05, 0) is 37.3 Å². The Labute approximate surface area is 154 Å². The third-order valence-electron chi connectivity index (χ3n) is 4.14. The van der Waals surface area contributed by atoms with Crippen LogP contribution in [0.4, 0.5) is 10.2 Å². The molecule has 4 aromatic rings. The molecule has 4 aromatic heterocycles. The number of halogens is 1. The van der Waals surface area contributed by atoms with Crippen LogP contribution in [0.2, 0.25) is 0 Å². The van der Waals surface area contributed by atoms with Crippen LogP contribution in [0.25, 0.3) is 28.2 Å². The van der Waals surface area contributed by atoms with Gasteiger partial charge in [0.15, 0.2) is 5.82 Å². The number of fused-ring (bicyclic) bond motifs is 1. The first-order valence-corrected chi connectivity index (χ1v) is 8.36. The SMILES string of the molecule is CC(=O)Nc1cn2cc(-c3cccnc3-c3ccc(F)c(C)n3)ccc2n1. The fraction of sp³-hybridized carbons (Fsp3) is 0.100. The van der Waals surface area contributed by atoms with Gasteiger partial charge in [0.2, 0.25) is 5.91 Å². The number of rotatable bonds is 3. The lowest BCUT2D eigenvalue weighted by atomic mass is 10.0. The number of amides is 1. The van der Waals surface area contributed by atoms with Crippen molar-refractivity contribution in [2.75, 3.05) is 5.32 Å². The van der Waals surface area contributed by atoms with E-state index in [1.807, 2.05) is 34.9 Å². The Kier molecular flexibility index (Phi) is 4.12. The predicted octanol–water partition coefficient (Wildman–Crippen LogP) is 3.86. The average Bonchev–Trinajstić information content (AvgIpc) is 3.04. The van der Waals surface area contributed by atoms with Crippen molar-refractivity contribution in [1.82, 2.24) is 19.4 Å². The number of hydrogen-bond acceptors (Lipinski definition) is 4. The summed E-state index contributed by atoms with van der Waals surface area (Å²) < 4.78 is 15.4. The van der Waals surface area contributed by atoms with Crippen LogP contribution in [0, 0.1) is 12.7 Å². The molecule has 0 bridgehead atoms. The quantitative estimate of drug-likeness (QED) is 0.601.